The second-order valence-electron chi connectivity index (χ2n) is 4.78. The molecule has 16 heavy (non-hydrogen) atoms. The third-order valence-electron chi connectivity index (χ3n) is 2.58. The van der Waals surface area contributed by atoms with Crippen LogP contribution in [0.1, 0.15) is 54.6 Å². The van der Waals surface area contributed by atoms with Crippen LogP contribution in [-0.2, 0) is 6.42 Å². The van der Waals surface area contributed by atoms with Gasteiger partial charge in [-0.15, -0.1) is 0 Å². The fourth-order valence-corrected chi connectivity index (χ4v) is 1.67. The highest BCUT2D eigenvalue weighted by Crippen LogP contribution is 2.38. The van der Waals surface area contributed by atoms with Gasteiger partial charge >= 0.3 is 5.97 Å². The highest BCUT2D eigenvalue weighted by atomic mass is 16.4. The van der Waals surface area contributed by atoms with Crippen molar-refractivity contribution in [3.8, 4) is 0 Å². The summed E-state index contributed by atoms with van der Waals surface area (Å²) in [5.41, 5.74) is 0.983. The van der Waals surface area contributed by atoms with E-state index < -0.39 is 5.97 Å². The lowest BCUT2D eigenvalue weighted by Crippen LogP contribution is -2.09. The molecule has 4 heteroatoms. The molecule has 0 aliphatic heterocycles. The maximum absolute atomic E-state index is 10.9. The average molecular weight is 220 g/mol. The molecular weight excluding hydrogens is 204 g/mol. The Labute approximate surface area is 94.7 Å². The van der Waals surface area contributed by atoms with E-state index in [0.717, 1.165) is 30.8 Å². The molecular formula is C12H16N2O2. The third-order valence-corrected chi connectivity index (χ3v) is 2.58. The number of nitrogens with zero attached hydrogens (tertiary/aromatic N) is 2. The van der Waals surface area contributed by atoms with E-state index >= 15 is 0 Å². The first kappa shape index (κ1) is 11.0. The van der Waals surface area contributed by atoms with Gasteiger partial charge in [0.1, 0.15) is 5.82 Å². The van der Waals surface area contributed by atoms with Gasteiger partial charge in [0.25, 0.3) is 0 Å². The molecule has 1 N–H and O–H groups in total. The molecule has 0 amide bonds. The molecule has 2 rings (SSSR count). The molecule has 0 radical (unpaired) electrons. The molecule has 1 aromatic rings. The van der Waals surface area contributed by atoms with Crippen molar-refractivity contribution in [2.24, 2.45) is 5.92 Å². The van der Waals surface area contributed by atoms with Crippen LogP contribution in [0.25, 0.3) is 0 Å². The maximum Gasteiger partial charge on any atom is 0.354 e. The summed E-state index contributed by atoms with van der Waals surface area (Å²) < 4.78 is 0. The van der Waals surface area contributed by atoms with Crippen molar-refractivity contribution in [1.29, 1.82) is 0 Å². The normalized spacial score (nSPS) is 15.4. The molecule has 1 saturated carbocycles. The van der Waals surface area contributed by atoms with E-state index in [1.165, 1.54) is 0 Å². The number of carboxylic acid groups (broad SMARTS) is 1. The Morgan fingerprint density at radius 3 is 2.69 bits per heavy atom. The zero-order valence-electron chi connectivity index (χ0n) is 9.60. The van der Waals surface area contributed by atoms with Crippen LogP contribution in [-0.4, -0.2) is 21.0 Å². The smallest absolute Gasteiger partial charge is 0.354 e. The first-order valence-corrected chi connectivity index (χ1v) is 5.67. The molecule has 0 unspecified atom stereocenters. The van der Waals surface area contributed by atoms with Crippen LogP contribution in [0.5, 0.6) is 0 Å². The summed E-state index contributed by atoms with van der Waals surface area (Å²) in [6.45, 7) is 4.19. The molecule has 0 spiro atoms. The lowest BCUT2D eigenvalue weighted by atomic mass is 10.1. The minimum Gasteiger partial charge on any atom is -0.477 e. The monoisotopic (exact) mass is 220 g/mol. The summed E-state index contributed by atoms with van der Waals surface area (Å²) in [5.74, 6) is 0.624. The van der Waals surface area contributed by atoms with Gasteiger partial charge in [-0.25, -0.2) is 14.8 Å². The average Bonchev–Trinajstić information content (AvgIpc) is 2.98. The Kier molecular flexibility index (Phi) is 2.90. The van der Waals surface area contributed by atoms with Crippen LogP contribution in [0, 0.1) is 5.92 Å². The molecule has 1 aliphatic rings. The lowest BCUT2D eigenvalue weighted by molar-refractivity contribution is 0.0689. The number of carbonyl (C=O) groups is 1. The number of aromatic nitrogens is 2. The van der Waals surface area contributed by atoms with E-state index in [1.54, 1.807) is 6.07 Å². The third kappa shape index (κ3) is 2.56. The fraction of sp³-hybridized carbons (Fsp3) is 0.583. The quantitative estimate of drug-likeness (QED) is 0.845. The minimum atomic E-state index is -0.964. The number of hydrogen-bond donors (Lipinski definition) is 1. The Morgan fingerprint density at radius 2 is 2.19 bits per heavy atom. The van der Waals surface area contributed by atoms with Crippen molar-refractivity contribution in [3.05, 3.63) is 23.3 Å². The predicted molar refractivity (Wildman–Crippen MR) is 59.5 cm³/mol. The van der Waals surface area contributed by atoms with Gasteiger partial charge in [0.15, 0.2) is 5.69 Å². The Hall–Kier alpha value is -1.45. The number of rotatable bonds is 4. The van der Waals surface area contributed by atoms with Gasteiger partial charge in [0, 0.05) is 11.6 Å². The lowest BCUT2D eigenvalue weighted by Gasteiger charge is -2.07. The van der Waals surface area contributed by atoms with Crippen molar-refractivity contribution in [2.45, 2.75) is 39.0 Å². The Morgan fingerprint density at radius 1 is 1.50 bits per heavy atom. The topological polar surface area (TPSA) is 63.1 Å². The molecule has 86 valence electrons. The van der Waals surface area contributed by atoms with Crippen LogP contribution in [0.2, 0.25) is 0 Å². The van der Waals surface area contributed by atoms with Crippen LogP contribution >= 0.6 is 0 Å². The highest BCUT2D eigenvalue weighted by Gasteiger charge is 2.28. The van der Waals surface area contributed by atoms with Gasteiger partial charge in [0.05, 0.1) is 0 Å². The largest absolute Gasteiger partial charge is 0.477 e. The molecule has 1 aliphatic carbocycles. The van der Waals surface area contributed by atoms with E-state index in [2.05, 4.69) is 23.8 Å². The molecule has 4 nitrogen and oxygen atoms in total. The summed E-state index contributed by atoms with van der Waals surface area (Å²) in [6, 6.07) is 1.59. The molecule has 1 aromatic heterocycles. The summed E-state index contributed by atoms with van der Waals surface area (Å²) in [7, 11) is 0. The van der Waals surface area contributed by atoms with E-state index in [-0.39, 0.29) is 5.69 Å². The fourth-order valence-electron chi connectivity index (χ4n) is 1.67. The minimum absolute atomic E-state index is 0.132. The van der Waals surface area contributed by atoms with Crippen molar-refractivity contribution in [1.82, 2.24) is 9.97 Å². The van der Waals surface area contributed by atoms with Crippen molar-refractivity contribution in [3.63, 3.8) is 0 Å². The zero-order valence-corrected chi connectivity index (χ0v) is 9.60. The van der Waals surface area contributed by atoms with Gasteiger partial charge in [-0.1, -0.05) is 13.8 Å². The first-order chi connectivity index (χ1) is 7.56. The molecule has 1 fully saturated rings. The van der Waals surface area contributed by atoms with E-state index in [1.807, 2.05) is 0 Å². The summed E-state index contributed by atoms with van der Waals surface area (Å²) in [6.07, 6.45) is 2.98. The standard InChI is InChI=1S/C12H16N2O2/c1-7(2)5-9-6-10(12(15)16)14-11(13-9)8-3-4-8/h6-8H,3-5H2,1-2H3,(H,15,16). The Balaban J connectivity index is 2.32. The first-order valence-electron chi connectivity index (χ1n) is 5.67. The van der Waals surface area contributed by atoms with Crippen LogP contribution in [0.15, 0.2) is 6.07 Å². The highest BCUT2D eigenvalue weighted by molar-refractivity contribution is 5.85. The van der Waals surface area contributed by atoms with E-state index in [0.29, 0.717) is 11.8 Å². The second kappa shape index (κ2) is 4.20. The Bertz CT molecular complexity index is 411. The van der Waals surface area contributed by atoms with Crippen LogP contribution in [0.4, 0.5) is 0 Å². The van der Waals surface area contributed by atoms with Crippen molar-refractivity contribution < 1.29 is 9.90 Å². The number of aromatic carboxylic acids is 1. The molecule has 0 atom stereocenters. The molecule has 0 saturated heterocycles. The van der Waals surface area contributed by atoms with Gasteiger partial charge in [-0.05, 0) is 31.2 Å². The molecule has 1 heterocycles. The van der Waals surface area contributed by atoms with Crippen LogP contribution < -0.4 is 0 Å². The van der Waals surface area contributed by atoms with Crippen molar-refractivity contribution >= 4 is 5.97 Å². The van der Waals surface area contributed by atoms with E-state index in [9.17, 15) is 4.79 Å². The summed E-state index contributed by atoms with van der Waals surface area (Å²) >= 11 is 0. The van der Waals surface area contributed by atoms with Gasteiger partial charge in [0.2, 0.25) is 0 Å². The summed E-state index contributed by atoms with van der Waals surface area (Å²) in [5, 5.41) is 8.98. The van der Waals surface area contributed by atoms with Gasteiger partial charge in [-0.3, -0.25) is 0 Å². The van der Waals surface area contributed by atoms with Gasteiger partial charge < -0.3 is 5.11 Å². The van der Waals surface area contributed by atoms with Crippen LogP contribution in [0.3, 0.4) is 0 Å². The maximum atomic E-state index is 10.9. The molecule has 0 aromatic carbocycles. The number of carboxylic acids is 1. The SMILES string of the molecule is CC(C)Cc1cc(C(=O)O)nc(C2CC2)n1. The zero-order chi connectivity index (χ0) is 11.7. The van der Waals surface area contributed by atoms with Gasteiger partial charge in [-0.2, -0.15) is 0 Å². The molecule has 0 bridgehead atoms. The van der Waals surface area contributed by atoms with Crippen molar-refractivity contribution in [2.75, 3.05) is 0 Å². The van der Waals surface area contributed by atoms with E-state index in [4.69, 9.17) is 5.11 Å². The number of hydrogen-bond acceptors (Lipinski definition) is 3. The summed E-state index contributed by atoms with van der Waals surface area (Å²) in [4.78, 5) is 19.5. The predicted octanol–water partition coefficient (Wildman–Crippen LogP) is 2.25. The second-order valence-corrected chi connectivity index (χ2v) is 4.78.